The van der Waals surface area contributed by atoms with Gasteiger partial charge in [0.2, 0.25) is 5.91 Å². The van der Waals surface area contributed by atoms with Crippen LogP contribution in [0.4, 0.5) is 0 Å². The van der Waals surface area contributed by atoms with Gasteiger partial charge in [0.15, 0.2) is 5.69 Å². The minimum absolute atomic E-state index is 0.0990. The lowest BCUT2D eigenvalue weighted by molar-refractivity contribution is -0.129. The van der Waals surface area contributed by atoms with Gasteiger partial charge >= 0.3 is 0 Å². The predicted octanol–water partition coefficient (Wildman–Crippen LogP) is 0.698. The largest absolute Gasteiger partial charge is 0.348 e. The zero-order valence-corrected chi connectivity index (χ0v) is 15.2. The molecule has 0 aliphatic carbocycles. The molecule has 0 saturated carbocycles. The summed E-state index contributed by atoms with van der Waals surface area (Å²) >= 11 is 6.14. The lowest BCUT2D eigenvalue weighted by Gasteiger charge is -2.35. The molecule has 3 saturated heterocycles. The summed E-state index contributed by atoms with van der Waals surface area (Å²) in [6.07, 6.45) is 3.71. The molecule has 132 valence electrons. The van der Waals surface area contributed by atoms with E-state index in [9.17, 15) is 9.59 Å². The van der Waals surface area contributed by atoms with Gasteiger partial charge in [0.1, 0.15) is 0 Å². The molecule has 3 fully saturated rings. The molecular formula is C16H24ClN5O2. The van der Waals surface area contributed by atoms with E-state index in [-0.39, 0.29) is 17.9 Å². The van der Waals surface area contributed by atoms with E-state index >= 15 is 0 Å². The smallest absolute Gasteiger partial charge is 0.276 e. The topological polar surface area (TPSA) is 61.7 Å². The van der Waals surface area contributed by atoms with Crippen molar-refractivity contribution < 1.29 is 9.59 Å². The van der Waals surface area contributed by atoms with Gasteiger partial charge in [0, 0.05) is 53.0 Å². The van der Waals surface area contributed by atoms with E-state index in [0.29, 0.717) is 29.7 Å². The maximum atomic E-state index is 12.9. The third-order valence-corrected chi connectivity index (χ3v) is 5.17. The first-order valence-electron chi connectivity index (χ1n) is 8.27. The Labute approximate surface area is 147 Å². The number of piperidine rings is 1. The Morgan fingerprint density at radius 2 is 2.04 bits per heavy atom. The SMILES string of the molecule is CN(C)C(=O)CN1C[C@H]2CC[C@@H](C1)N(C(=O)c1nn(C)cc1Cl)C2. The van der Waals surface area contributed by atoms with Crippen LogP contribution in [-0.2, 0) is 11.8 Å². The van der Waals surface area contributed by atoms with Crippen LogP contribution in [0.5, 0.6) is 0 Å². The molecule has 2 atom stereocenters. The average molecular weight is 354 g/mol. The molecule has 1 aromatic rings. The summed E-state index contributed by atoms with van der Waals surface area (Å²) in [5, 5.41) is 4.60. The quantitative estimate of drug-likeness (QED) is 0.802. The fourth-order valence-corrected chi connectivity index (χ4v) is 3.89. The first-order chi connectivity index (χ1) is 11.3. The number of hydrogen-bond donors (Lipinski definition) is 0. The molecule has 0 aromatic carbocycles. The van der Waals surface area contributed by atoms with Crippen LogP contribution in [-0.4, -0.2) is 82.6 Å². The van der Waals surface area contributed by atoms with E-state index in [2.05, 4.69) is 10.00 Å². The lowest BCUT2D eigenvalue weighted by atomic mass is 9.95. The second-order valence-corrected chi connectivity index (χ2v) is 7.44. The van der Waals surface area contributed by atoms with E-state index < -0.39 is 0 Å². The van der Waals surface area contributed by atoms with Crippen molar-refractivity contribution in [2.24, 2.45) is 13.0 Å². The summed E-state index contributed by atoms with van der Waals surface area (Å²) in [5.74, 6) is 0.392. The van der Waals surface area contributed by atoms with Gasteiger partial charge in [-0.25, -0.2) is 0 Å². The summed E-state index contributed by atoms with van der Waals surface area (Å²) in [4.78, 5) is 30.6. The molecule has 0 unspecified atom stereocenters. The predicted molar refractivity (Wildman–Crippen MR) is 90.9 cm³/mol. The van der Waals surface area contributed by atoms with E-state index in [0.717, 1.165) is 25.9 Å². The van der Waals surface area contributed by atoms with Crippen LogP contribution in [0.1, 0.15) is 23.3 Å². The van der Waals surface area contributed by atoms with Crippen LogP contribution < -0.4 is 0 Å². The Morgan fingerprint density at radius 3 is 2.67 bits per heavy atom. The monoisotopic (exact) mass is 353 g/mol. The van der Waals surface area contributed by atoms with Crippen molar-refractivity contribution in [2.75, 3.05) is 40.3 Å². The van der Waals surface area contributed by atoms with E-state index in [1.54, 1.807) is 36.9 Å². The summed E-state index contributed by atoms with van der Waals surface area (Å²) in [7, 11) is 5.30. The maximum Gasteiger partial charge on any atom is 0.276 e. The molecule has 2 bridgehead atoms. The number of aromatic nitrogens is 2. The van der Waals surface area contributed by atoms with Crippen molar-refractivity contribution in [3.63, 3.8) is 0 Å². The molecule has 0 spiro atoms. The molecule has 7 nitrogen and oxygen atoms in total. The van der Waals surface area contributed by atoms with Crippen LogP contribution in [0, 0.1) is 5.92 Å². The summed E-state index contributed by atoms with van der Waals surface area (Å²) < 4.78 is 1.56. The Bertz CT molecular complexity index is 644. The molecule has 24 heavy (non-hydrogen) atoms. The zero-order chi connectivity index (χ0) is 17.4. The van der Waals surface area contributed by atoms with Crippen molar-refractivity contribution in [3.8, 4) is 0 Å². The number of carbonyl (C=O) groups is 2. The van der Waals surface area contributed by atoms with Crippen LogP contribution in [0.15, 0.2) is 6.20 Å². The van der Waals surface area contributed by atoms with Gasteiger partial charge in [-0.3, -0.25) is 19.2 Å². The normalized spacial score (nSPS) is 24.1. The average Bonchev–Trinajstić information content (AvgIpc) is 2.69. The second-order valence-electron chi connectivity index (χ2n) is 7.04. The molecule has 0 radical (unpaired) electrons. The van der Waals surface area contributed by atoms with Crippen LogP contribution in [0.2, 0.25) is 5.02 Å². The second kappa shape index (κ2) is 6.72. The maximum absolute atomic E-state index is 12.9. The number of halogens is 1. The standard InChI is InChI=1S/C16H24ClN5O2/c1-19(2)14(23)10-21-6-11-4-5-12(8-21)22(7-11)16(24)15-13(17)9-20(3)18-15/h9,11-12H,4-8,10H2,1-3H3/t11-,12+/m1/s1. The number of rotatable bonds is 3. The van der Waals surface area contributed by atoms with Gasteiger partial charge in [-0.2, -0.15) is 5.10 Å². The molecule has 2 amide bonds. The highest BCUT2D eigenvalue weighted by Gasteiger charge is 2.39. The van der Waals surface area contributed by atoms with Gasteiger partial charge < -0.3 is 9.80 Å². The van der Waals surface area contributed by atoms with Crippen molar-refractivity contribution in [1.29, 1.82) is 0 Å². The first kappa shape index (κ1) is 17.2. The number of amides is 2. The highest BCUT2D eigenvalue weighted by molar-refractivity contribution is 6.33. The van der Waals surface area contributed by atoms with E-state index in [1.807, 2.05) is 4.90 Å². The fraction of sp³-hybridized carbons (Fsp3) is 0.688. The molecule has 3 aliphatic rings. The van der Waals surface area contributed by atoms with Crippen LogP contribution >= 0.6 is 11.6 Å². The summed E-state index contributed by atoms with van der Waals surface area (Å²) in [6.45, 7) is 2.71. The number of aryl methyl sites for hydroxylation is 1. The van der Waals surface area contributed by atoms with Gasteiger partial charge in [0.05, 0.1) is 11.6 Å². The lowest BCUT2D eigenvalue weighted by Crippen LogP contribution is -2.48. The highest BCUT2D eigenvalue weighted by atomic mass is 35.5. The Balaban J connectivity index is 1.75. The minimum Gasteiger partial charge on any atom is -0.348 e. The Hall–Kier alpha value is -1.60. The van der Waals surface area contributed by atoms with E-state index in [1.165, 1.54) is 0 Å². The zero-order valence-electron chi connectivity index (χ0n) is 14.4. The fourth-order valence-electron chi connectivity index (χ4n) is 3.63. The number of likely N-dealkylation sites (N-methyl/N-ethyl adjacent to an activating group) is 1. The van der Waals surface area contributed by atoms with Crippen molar-refractivity contribution in [2.45, 2.75) is 18.9 Å². The minimum atomic E-state index is -0.101. The van der Waals surface area contributed by atoms with Crippen molar-refractivity contribution in [1.82, 2.24) is 24.5 Å². The molecule has 1 aromatic heterocycles. The molecule has 3 aliphatic heterocycles. The number of carbonyl (C=O) groups excluding carboxylic acids is 2. The van der Waals surface area contributed by atoms with Gasteiger partial charge in [-0.05, 0) is 18.8 Å². The van der Waals surface area contributed by atoms with Crippen molar-refractivity contribution >= 4 is 23.4 Å². The summed E-state index contributed by atoms with van der Waals surface area (Å²) in [6, 6.07) is 0.115. The number of fused-ring (bicyclic) bond motifs is 4. The van der Waals surface area contributed by atoms with E-state index in [4.69, 9.17) is 11.6 Å². The molecular weight excluding hydrogens is 330 g/mol. The highest BCUT2D eigenvalue weighted by Crippen LogP contribution is 2.30. The number of hydrogen-bond acceptors (Lipinski definition) is 4. The third kappa shape index (κ3) is 3.42. The van der Waals surface area contributed by atoms with Crippen LogP contribution in [0.3, 0.4) is 0 Å². The van der Waals surface area contributed by atoms with Gasteiger partial charge in [-0.1, -0.05) is 11.6 Å². The molecule has 4 heterocycles. The Kier molecular flexibility index (Phi) is 4.83. The number of nitrogens with zero attached hydrogens (tertiary/aromatic N) is 5. The summed E-state index contributed by atoms with van der Waals surface area (Å²) in [5.41, 5.74) is 0.322. The van der Waals surface area contributed by atoms with Gasteiger partial charge in [-0.15, -0.1) is 0 Å². The molecule has 4 rings (SSSR count). The third-order valence-electron chi connectivity index (χ3n) is 4.89. The van der Waals surface area contributed by atoms with Crippen molar-refractivity contribution in [3.05, 3.63) is 16.9 Å². The molecule has 8 heteroatoms. The first-order valence-corrected chi connectivity index (χ1v) is 8.65. The molecule has 0 N–H and O–H groups in total. The Morgan fingerprint density at radius 1 is 1.29 bits per heavy atom. The van der Waals surface area contributed by atoms with Crippen LogP contribution in [0.25, 0.3) is 0 Å². The van der Waals surface area contributed by atoms with Gasteiger partial charge in [0.25, 0.3) is 5.91 Å².